The predicted octanol–water partition coefficient (Wildman–Crippen LogP) is 0.741. The first kappa shape index (κ1) is 12.5. The average Bonchev–Trinajstić information content (AvgIpc) is 3.17. The molecule has 1 N–H and O–H groups in total. The second kappa shape index (κ2) is 4.68. The molecule has 1 amide bonds. The van der Waals surface area contributed by atoms with Gasteiger partial charge < -0.3 is 10.0 Å². The summed E-state index contributed by atoms with van der Waals surface area (Å²) in [5.41, 5.74) is 2.50. The van der Waals surface area contributed by atoms with Crippen LogP contribution in [0.1, 0.15) is 21.7 Å². The molecule has 0 saturated heterocycles. The Morgan fingerprint density at radius 3 is 3.14 bits per heavy atom. The van der Waals surface area contributed by atoms with Crippen LogP contribution in [0, 0.1) is 0 Å². The number of hydrogen-bond acceptors (Lipinski definition) is 5. The normalized spacial score (nSPS) is 14.0. The standard InChI is InChI=1S/C13H13N5O2S/c19-3-1-18-11-8-17(6-9(11)5-14-18)12(20)10-7-16-2-4-21-13(16)15-10/h2,4-5,7,19H,1,3,6,8H2. The summed E-state index contributed by atoms with van der Waals surface area (Å²) in [4.78, 5) is 19.5. The second-order valence-electron chi connectivity index (χ2n) is 4.94. The van der Waals surface area contributed by atoms with Crippen LogP contribution in [0.2, 0.25) is 0 Å². The number of aliphatic hydroxyl groups excluding tert-OH is 1. The number of rotatable bonds is 3. The van der Waals surface area contributed by atoms with Crippen molar-refractivity contribution in [1.82, 2.24) is 24.1 Å². The zero-order valence-corrected chi connectivity index (χ0v) is 12.0. The number of amides is 1. The molecule has 1 aliphatic rings. The minimum Gasteiger partial charge on any atom is -0.394 e. The van der Waals surface area contributed by atoms with Gasteiger partial charge in [0.25, 0.3) is 5.91 Å². The molecule has 3 aromatic rings. The van der Waals surface area contributed by atoms with E-state index in [1.807, 2.05) is 16.0 Å². The molecule has 108 valence electrons. The largest absolute Gasteiger partial charge is 0.394 e. The van der Waals surface area contributed by atoms with Crippen LogP contribution in [0.3, 0.4) is 0 Å². The van der Waals surface area contributed by atoms with E-state index in [-0.39, 0.29) is 12.5 Å². The van der Waals surface area contributed by atoms with E-state index in [9.17, 15) is 4.79 Å². The van der Waals surface area contributed by atoms with Gasteiger partial charge in [-0.3, -0.25) is 13.9 Å². The Labute approximate surface area is 124 Å². The Morgan fingerprint density at radius 1 is 1.43 bits per heavy atom. The SMILES string of the molecule is O=C(c1cn2ccsc2n1)N1Cc2cnn(CCO)c2C1. The molecule has 0 aliphatic carbocycles. The van der Waals surface area contributed by atoms with Gasteiger partial charge in [-0.05, 0) is 0 Å². The van der Waals surface area contributed by atoms with Gasteiger partial charge in [0.1, 0.15) is 5.69 Å². The number of imidazole rings is 1. The molecule has 8 heteroatoms. The van der Waals surface area contributed by atoms with Crippen LogP contribution < -0.4 is 0 Å². The van der Waals surface area contributed by atoms with Crippen molar-refractivity contribution in [3.05, 3.63) is 40.9 Å². The zero-order chi connectivity index (χ0) is 14.4. The first-order valence-electron chi connectivity index (χ1n) is 6.62. The van der Waals surface area contributed by atoms with E-state index in [1.165, 1.54) is 11.3 Å². The van der Waals surface area contributed by atoms with Crippen molar-refractivity contribution >= 4 is 22.2 Å². The van der Waals surface area contributed by atoms with E-state index in [2.05, 4.69) is 10.1 Å². The highest BCUT2D eigenvalue weighted by Crippen LogP contribution is 2.24. The molecule has 7 nitrogen and oxygen atoms in total. The lowest BCUT2D eigenvalue weighted by Gasteiger charge is -2.14. The summed E-state index contributed by atoms with van der Waals surface area (Å²) >= 11 is 1.51. The highest BCUT2D eigenvalue weighted by Gasteiger charge is 2.29. The highest BCUT2D eigenvalue weighted by molar-refractivity contribution is 7.15. The van der Waals surface area contributed by atoms with Crippen LogP contribution >= 0.6 is 11.3 Å². The van der Waals surface area contributed by atoms with E-state index in [0.29, 0.717) is 25.3 Å². The molecule has 21 heavy (non-hydrogen) atoms. The van der Waals surface area contributed by atoms with Crippen LogP contribution in [0.4, 0.5) is 0 Å². The zero-order valence-electron chi connectivity index (χ0n) is 11.1. The Hall–Kier alpha value is -2.19. The number of fused-ring (bicyclic) bond motifs is 2. The third-order valence-electron chi connectivity index (χ3n) is 3.65. The molecule has 1 aliphatic heterocycles. The summed E-state index contributed by atoms with van der Waals surface area (Å²) < 4.78 is 3.61. The van der Waals surface area contributed by atoms with Gasteiger partial charge in [0.15, 0.2) is 4.96 Å². The topological polar surface area (TPSA) is 75.7 Å². The lowest BCUT2D eigenvalue weighted by atomic mass is 10.3. The lowest BCUT2D eigenvalue weighted by molar-refractivity contribution is 0.0742. The minimum absolute atomic E-state index is 0.0411. The van der Waals surface area contributed by atoms with Crippen LogP contribution in [0.15, 0.2) is 24.0 Å². The molecule has 0 radical (unpaired) electrons. The summed E-state index contributed by atoms with van der Waals surface area (Å²) in [6.45, 7) is 1.56. The number of carbonyl (C=O) groups excluding carboxylic acids is 1. The minimum atomic E-state index is -0.0716. The molecule has 0 aromatic carbocycles. The van der Waals surface area contributed by atoms with Crippen molar-refractivity contribution in [3.63, 3.8) is 0 Å². The smallest absolute Gasteiger partial charge is 0.274 e. The van der Waals surface area contributed by atoms with Gasteiger partial charge in [0, 0.05) is 29.9 Å². The van der Waals surface area contributed by atoms with E-state index < -0.39 is 0 Å². The third-order valence-corrected chi connectivity index (χ3v) is 4.42. The second-order valence-corrected chi connectivity index (χ2v) is 5.82. The maximum Gasteiger partial charge on any atom is 0.274 e. The van der Waals surface area contributed by atoms with Crippen LogP contribution in [0.5, 0.6) is 0 Å². The molecule has 4 rings (SSSR count). The lowest BCUT2D eigenvalue weighted by Crippen LogP contribution is -2.26. The van der Waals surface area contributed by atoms with E-state index >= 15 is 0 Å². The van der Waals surface area contributed by atoms with E-state index in [4.69, 9.17) is 5.11 Å². The fourth-order valence-electron chi connectivity index (χ4n) is 2.63. The Morgan fingerprint density at radius 2 is 2.33 bits per heavy atom. The molecule has 3 aromatic heterocycles. The number of carbonyl (C=O) groups is 1. The molecular formula is C13H13N5O2S. The van der Waals surface area contributed by atoms with Gasteiger partial charge in [0.2, 0.25) is 0 Å². The van der Waals surface area contributed by atoms with Gasteiger partial charge >= 0.3 is 0 Å². The summed E-state index contributed by atoms with van der Waals surface area (Å²) in [5, 5.41) is 15.2. The number of hydrogen-bond donors (Lipinski definition) is 1. The quantitative estimate of drug-likeness (QED) is 0.774. The number of thiazole rings is 1. The molecule has 0 saturated carbocycles. The summed E-state index contributed by atoms with van der Waals surface area (Å²) in [5.74, 6) is -0.0716. The van der Waals surface area contributed by atoms with Crippen LogP contribution in [-0.2, 0) is 19.6 Å². The monoisotopic (exact) mass is 303 g/mol. The summed E-state index contributed by atoms with van der Waals surface area (Å²) in [7, 11) is 0. The molecular weight excluding hydrogens is 290 g/mol. The molecule has 0 spiro atoms. The van der Waals surface area contributed by atoms with Crippen molar-refractivity contribution in [3.8, 4) is 0 Å². The summed E-state index contributed by atoms with van der Waals surface area (Å²) in [6, 6.07) is 0. The molecule has 0 fully saturated rings. The number of aliphatic hydroxyl groups is 1. The Bertz CT molecular complexity index is 789. The first-order chi connectivity index (χ1) is 10.3. The van der Waals surface area contributed by atoms with Gasteiger partial charge in [-0.25, -0.2) is 4.98 Å². The first-order valence-corrected chi connectivity index (χ1v) is 7.50. The maximum atomic E-state index is 12.5. The fraction of sp³-hybridized carbons (Fsp3) is 0.308. The third kappa shape index (κ3) is 1.95. The Balaban J connectivity index is 1.58. The van der Waals surface area contributed by atoms with E-state index in [1.54, 1.807) is 22.0 Å². The average molecular weight is 303 g/mol. The predicted molar refractivity (Wildman–Crippen MR) is 76.0 cm³/mol. The van der Waals surface area contributed by atoms with Crippen molar-refractivity contribution in [2.75, 3.05) is 6.61 Å². The number of nitrogens with zero attached hydrogens (tertiary/aromatic N) is 5. The van der Waals surface area contributed by atoms with Gasteiger partial charge in [0.05, 0.1) is 31.6 Å². The van der Waals surface area contributed by atoms with Crippen LogP contribution in [-0.4, -0.2) is 41.7 Å². The Kier molecular flexibility index (Phi) is 2.79. The molecule has 0 bridgehead atoms. The van der Waals surface area contributed by atoms with Crippen molar-refractivity contribution < 1.29 is 9.90 Å². The fourth-order valence-corrected chi connectivity index (χ4v) is 3.33. The highest BCUT2D eigenvalue weighted by atomic mass is 32.1. The van der Waals surface area contributed by atoms with Gasteiger partial charge in [-0.1, -0.05) is 0 Å². The van der Waals surface area contributed by atoms with Gasteiger partial charge in [-0.15, -0.1) is 11.3 Å². The molecule has 0 unspecified atom stereocenters. The van der Waals surface area contributed by atoms with Crippen molar-refractivity contribution in [2.45, 2.75) is 19.6 Å². The van der Waals surface area contributed by atoms with Crippen molar-refractivity contribution in [2.24, 2.45) is 0 Å². The van der Waals surface area contributed by atoms with Gasteiger partial charge in [-0.2, -0.15) is 5.10 Å². The number of aromatic nitrogens is 4. The maximum absolute atomic E-state index is 12.5. The molecule has 4 heterocycles. The molecule has 0 atom stereocenters. The van der Waals surface area contributed by atoms with E-state index in [0.717, 1.165) is 16.2 Å². The van der Waals surface area contributed by atoms with Crippen molar-refractivity contribution in [1.29, 1.82) is 0 Å². The summed E-state index contributed by atoms with van der Waals surface area (Å²) in [6.07, 6.45) is 5.42. The van der Waals surface area contributed by atoms with Crippen LogP contribution in [0.25, 0.3) is 4.96 Å².